The highest BCUT2D eigenvalue weighted by atomic mass is 16.3. The van der Waals surface area contributed by atoms with Crippen LogP contribution in [-0.4, -0.2) is 0 Å². The quantitative estimate of drug-likeness (QED) is 0.149. The number of furan rings is 3. The van der Waals surface area contributed by atoms with Gasteiger partial charge in [0.1, 0.15) is 33.5 Å². The van der Waals surface area contributed by atoms with Crippen molar-refractivity contribution >= 4 is 163 Å². The lowest BCUT2D eigenvalue weighted by Crippen LogP contribution is -2.14. The molecule has 3 aromatic heterocycles. The zero-order chi connectivity index (χ0) is 125. The molecule has 1 unspecified atom stereocenters. The van der Waals surface area contributed by atoms with E-state index in [0.29, 0.717) is 66.0 Å². The second kappa shape index (κ2) is 29.0. The summed E-state index contributed by atoms with van der Waals surface area (Å²) in [5.74, 6) is 0. The van der Waals surface area contributed by atoms with Crippen LogP contribution in [-0.2, 0) is 5.41 Å². The van der Waals surface area contributed by atoms with Gasteiger partial charge in [0.15, 0.2) is 0 Å². The Bertz CT molecular complexity index is 11800. The molecule has 0 saturated heterocycles. The number of rotatable bonds is 7. The van der Waals surface area contributed by atoms with Crippen LogP contribution in [0.4, 0.5) is 0 Å². The molecule has 0 radical (unpaired) electrons. The second-order valence-corrected chi connectivity index (χ2v) is 30.4. The zero-order valence-corrected chi connectivity index (χ0v) is 65.3. The Morgan fingerprint density at radius 2 is 0.452 bits per heavy atom. The standard InChI is InChI=1S/C45H30O.C42H26O.C36H22O/c1-45(2)39-18-10-9-13-31(39)32-21-19-30(25-40(32)45)44-35-16-7-5-14-33(35)43(34-15-6-8-17-36(34)44)29-20-22-41-37(24-29)38-23-27-11-3-4-12-28(27)26-42(38)46-41;1-2-10-27(11-3-1)28-18-20-29(21-19-28)41-33-14-6-8-16-35(33)42(36-17-9-7-15-34(36)41)32-22-23-39-37(25-32)38-24-30-12-4-5-13-31(30)26-40(38)43-39;1-2-10-23(11-3-1)35-27-14-6-8-16-29(27)36(30-17-9-7-15-28(30)35)26-18-19-33-31(21-26)32-20-24-12-4-5-13-25(24)22-34(32)37-33/h3-26H,1-2H3;1-26H;1-22H/i1D3,5D,6D,7D,8D,9D,10D,13D,14D,15D,16D,17D,18D,19D,21D,25D;1D,2D,3D,6D,7D,8D,9D,10D,11D,14D,15D,16D,17D,18D,19D,20D,21D;1D,2D,3D,6D,7D,8D,9D,10D,11D,14D,15D,16D,17D. The van der Waals surface area contributed by atoms with Crippen molar-refractivity contribution < 1.29 is 79.0 Å². The van der Waals surface area contributed by atoms with Crippen LogP contribution in [0, 0.1) is 0 Å². The topological polar surface area (TPSA) is 39.4 Å². The van der Waals surface area contributed by atoms with Crippen LogP contribution in [0.3, 0.4) is 0 Å². The van der Waals surface area contributed by atoms with Gasteiger partial charge in [0, 0.05) is 41.8 Å². The Labute approximate surface area is 794 Å². The molecule has 1 atom stereocenters. The summed E-state index contributed by atoms with van der Waals surface area (Å²) in [4.78, 5) is 0. The smallest absolute Gasteiger partial charge is 0.136 e. The van der Waals surface area contributed by atoms with Crippen LogP contribution < -0.4 is 0 Å². The Morgan fingerprint density at radius 3 is 0.802 bits per heavy atom. The molecule has 126 heavy (non-hydrogen) atoms. The van der Waals surface area contributed by atoms with Crippen molar-refractivity contribution in [3.8, 4) is 89.0 Å². The fraction of sp³-hybridized carbons (Fsp3) is 0.0244. The van der Waals surface area contributed by atoms with Gasteiger partial charge >= 0.3 is 0 Å². The number of fused-ring (bicyclic) bond motifs is 21. The van der Waals surface area contributed by atoms with Gasteiger partial charge in [0.2, 0.25) is 0 Å². The summed E-state index contributed by atoms with van der Waals surface area (Å²) in [6.07, 6.45) is 0. The lowest BCUT2D eigenvalue weighted by Gasteiger charge is -2.23. The Hall–Kier alpha value is -16.2. The average molecular weight is 1650 g/mol. The van der Waals surface area contributed by atoms with Crippen LogP contribution in [0.1, 0.15) is 90.7 Å². The highest BCUT2D eigenvalue weighted by Crippen LogP contribution is 2.54. The molecule has 1 aliphatic carbocycles. The minimum absolute atomic E-state index is 0.00852. The van der Waals surface area contributed by atoms with Crippen LogP contribution >= 0.6 is 0 Å². The van der Waals surface area contributed by atoms with E-state index in [1.807, 2.05) is 109 Å². The van der Waals surface area contributed by atoms with Crippen molar-refractivity contribution in [2.75, 3.05) is 0 Å². The summed E-state index contributed by atoms with van der Waals surface area (Å²) < 4.78 is 446. The van der Waals surface area contributed by atoms with Gasteiger partial charge in [-0.2, -0.15) is 0 Å². The van der Waals surface area contributed by atoms with Gasteiger partial charge in [-0.3, -0.25) is 0 Å². The lowest BCUT2D eigenvalue weighted by atomic mass is 9.80. The van der Waals surface area contributed by atoms with Gasteiger partial charge in [-0.15, -0.1) is 0 Å². The molecule has 27 rings (SSSR count). The molecule has 26 aromatic rings. The number of hydrogen-bond donors (Lipinski definition) is 0. The van der Waals surface area contributed by atoms with Gasteiger partial charge in [0.05, 0.1) is 61.7 Å². The first-order valence-electron chi connectivity index (χ1n) is 63.6. The van der Waals surface area contributed by atoms with Crippen molar-refractivity contribution in [1.29, 1.82) is 0 Å². The van der Waals surface area contributed by atoms with E-state index in [9.17, 15) is 17.8 Å². The SMILES string of the molecule is [2H]c1c([2H])c([2H])c(-c2c([2H])c([2H])c(-c3c4c([2H])c([2H])c([2H])c([2H])c4c(-c4ccc5oc6cc7ccccc7cc6c5c4)c4c([2H])c([2H])c([2H])c([2H])c34)c([2H])c2[2H])c([2H])c1[2H].[2H]c1c([2H])c([2H])c(-c2c3c([2H])c([2H])c([2H])c([2H])c3c(-c3ccc4oc5cc6ccccc6cc5c4c3)c3c([2H])c([2H])c([2H])c([2H])c23)c([2H])c1[2H].[2H]c1c([2H])c([2H])c2c(c1[2H])-c1c([2H])c([2H])c(-c3c4c([2H])c([2H])c([2H])c([2H])c4c(-c4ccc5oc6cc7ccccc7cc6c5c4)c4c([2H])c([2H])c([2H])c([2H])c34)c([2H])c1C2(C)C([2H])([2H])[2H]. The summed E-state index contributed by atoms with van der Waals surface area (Å²) in [6, 6.07) is 17.7. The van der Waals surface area contributed by atoms with Crippen LogP contribution in [0.15, 0.2) is 449 Å². The first-order valence-corrected chi connectivity index (χ1v) is 39.6. The average Bonchev–Trinajstić information content (AvgIpc) is 1.45. The first kappa shape index (κ1) is 39.3. The van der Waals surface area contributed by atoms with Crippen molar-refractivity contribution in [1.82, 2.24) is 0 Å². The summed E-state index contributed by atoms with van der Waals surface area (Å²) in [7, 11) is 0. The fourth-order valence-corrected chi connectivity index (χ4v) is 17.8. The molecular weight excluding hydrogens is 1530 g/mol. The molecule has 0 saturated carbocycles. The lowest BCUT2D eigenvalue weighted by molar-refractivity contribution is 0.660. The van der Waals surface area contributed by atoms with E-state index in [4.69, 9.17) is 61.2 Å². The summed E-state index contributed by atoms with van der Waals surface area (Å²) in [6.45, 7) is -2.00. The van der Waals surface area contributed by atoms with E-state index in [1.54, 1.807) is 54.6 Å². The van der Waals surface area contributed by atoms with Crippen molar-refractivity contribution in [3.63, 3.8) is 0 Å². The molecular formula is C123H78O3. The maximum absolute atomic E-state index is 9.91. The Morgan fingerprint density at radius 1 is 0.198 bits per heavy atom. The van der Waals surface area contributed by atoms with Gasteiger partial charge in [0.25, 0.3) is 0 Å². The zero-order valence-electron chi connectivity index (χ0n) is 113. The largest absolute Gasteiger partial charge is 0.456 e. The molecule has 0 bridgehead atoms. The van der Waals surface area contributed by atoms with Crippen LogP contribution in [0.25, 0.3) is 252 Å². The second-order valence-electron chi connectivity index (χ2n) is 30.4. The van der Waals surface area contributed by atoms with Crippen molar-refractivity contribution in [2.45, 2.75) is 19.2 Å². The molecule has 0 N–H and O–H groups in total. The van der Waals surface area contributed by atoms with Gasteiger partial charge in [-0.25, -0.2) is 0 Å². The van der Waals surface area contributed by atoms with Gasteiger partial charge in [-0.1, -0.05) is 371 Å². The minimum atomic E-state index is -3.16. The van der Waals surface area contributed by atoms with E-state index < -0.39 is 340 Å². The van der Waals surface area contributed by atoms with Crippen molar-refractivity contribution in [3.05, 3.63) is 447 Å². The summed E-state index contributed by atoms with van der Waals surface area (Å²) in [5.41, 5.74) is -4.05. The number of benzene rings is 23. The van der Waals surface area contributed by atoms with Crippen LogP contribution in [0.5, 0.6) is 0 Å². The van der Waals surface area contributed by atoms with E-state index in [0.717, 1.165) is 44.6 Å². The molecule has 3 heteroatoms. The molecule has 1 aliphatic rings. The Balaban J connectivity index is 0.000000131. The third kappa shape index (κ3) is 11.7. The molecule has 588 valence electrons. The fourth-order valence-electron chi connectivity index (χ4n) is 17.8. The molecule has 3 heterocycles. The first-order chi connectivity index (χ1) is 82.2. The number of hydrogen-bond acceptors (Lipinski definition) is 3. The van der Waals surface area contributed by atoms with Gasteiger partial charge < -0.3 is 13.3 Å². The maximum atomic E-state index is 9.91. The minimum Gasteiger partial charge on any atom is -0.456 e. The van der Waals surface area contributed by atoms with E-state index in [-0.39, 0.29) is 104 Å². The molecule has 0 fully saturated rings. The molecule has 0 aliphatic heterocycles. The monoisotopic (exact) mass is 1650 g/mol. The highest BCUT2D eigenvalue weighted by molar-refractivity contribution is 6.27. The van der Waals surface area contributed by atoms with Crippen molar-refractivity contribution in [2.24, 2.45) is 0 Å². The summed E-state index contributed by atoms with van der Waals surface area (Å²) in [5, 5.41) is 6.44. The molecule has 23 aromatic carbocycles. The molecule has 3 nitrogen and oxygen atoms in total. The molecule has 0 spiro atoms. The summed E-state index contributed by atoms with van der Waals surface area (Å²) >= 11 is 0. The predicted octanol–water partition coefficient (Wildman–Crippen LogP) is 35.1. The van der Waals surface area contributed by atoms with Crippen LogP contribution in [0.2, 0.25) is 0 Å². The highest BCUT2D eigenvalue weighted by Gasteiger charge is 2.36. The van der Waals surface area contributed by atoms with E-state index in [1.165, 1.54) is 0 Å². The third-order valence-corrected chi connectivity index (χ3v) is 23.4. The maximum Gasteiger partial charge on any atom is 0.136 e. The Kier molecular flexibility index (Phi) is 9.05. The van der Waals surface area contributed by atoms with Gasteiger partial charge in [-0.05, 0) is 276 Å². The van der Waals surface area contributed by atoms with E-state index >= 15 is 0 Å². The predicted molar refractivity (Wildman–Crippen MR) is 534 cm³/mol. The third-order valence-electron chi connectivity index (χ3n) is 23.4. The van der Waals surface area contributed by atoms with E-state index in [2.05, 4.69) is 0 Å². The molecule has 0 amide bonds. The normalized spacial score (nSPS) is 18.6.